The molecule has 0 aliphatic carbocycles. The number of phenolic OH excluding ortho intramolecular Hbond substituents is 1. The summed E-state index contributed by atoms with van der Waals surface area (Å²) in [4.78, 5) is 13.0. The summed E-state index contributed by atoms with van der Waals surface area (Å²) in [5, 5.41) is 19.1. The number of hydrogen-bond acceptors (Lipinski definition) is 3. The predicted molar refractivity (Wildman–Crippen MR) is 75.2 cm³/mol. The minimum atomic E-state index is -0.839. The fourth-order valence-corrected chi connectivity index (χ4v) is 2.37. The van der Waals surface area contributed by atoms with E-state index in [1.165, 1.54) is 0 Å². The lowest BCUT2D eigenvalue weighted by molar-refractivity contribution is -0.139. The van der Waals surface area contributed by atoms with Crippen molar-refractivity contribution in [3.05, 3.63) is 29.8 Å². The number of hydrogen-bond donors (Lipinski definition) is 2. The summed E-state index contributed by atoms with van der Waals surface area (Å²) >= 11 is 0. The molecule has 4 heteroatoms. The molecule has 0 fully saturated rings. The Morgan fingerprint density at radius 3 is 2.37 bits per heavy atom. The van der Waals surface area contributed by atoms with Crippen LogP contribution >= 0.6 is 0 Å². The van der Waals surface area contributed by atoms with Gasteiger partial charge in [0.15, 0.2) is 0 Å². The maximum absolute atomic E-state index is 11.1. The van der Waals surface area contributed by atoms with E-state index in [0.717, 1.165) is 18.4 Å². The number of rotatable bonds is 7. The SMILES string of the molecule is CCC(C)N(CC(=O)O)C(CC)c1ccccc1O. The van der Waals surface area contributed by atoms with Crippen LogP contribution in [0.1, 0.15) is 45.2 Å². The molecule has 0 heterocycles. The fraction of sp³-hybridized carbons (Fsp3) is 0.533. The van der Waals surface area contributed by atoms with E-state index >= 15 is 0 Å². The van der Waals surface area contributed by atoms with E-state index in [4.69, 9.17) is 5.11 Å². The van der Waals surface area contributed by atoms with Gasteiger partial charge in [0, 0.05) is 17.6 Å². The van der Waals surface area contributed by atoms with Crippen LogP contribution in [0.3, 0.4) is 0 Å². The number of carboxylic acid groups (broad SMARTS) is 1. The summed E-state index contributed by atoms with van der Waals surface area (Å²) in [6, 6.07) is 7.23. The van der Waals surface area contributed by atoms with Crippen LogP contribution < -0.4 is 0 Å². The Kier molecular flexibility index (Phi) is 5.83. The van der Waals surface area contributed by atoms with Gasteiger partial charge < -0.3 is 10.2 Å². The standard InChI is InChI=1S/C15H23NO3/c1-4-11(3)16(10-15(18)19)13(5-2)12-8-6-7-9-14(12)17/h6-9,11,13,17H,4-5,10H2,1-3H3,(H,18,19). The molecular formula is C15H23NO3. The van der Waals surface area contributed by atoms with E-state index < -0.39 is 5.97 Å². The molecule has 1 aromatic carbocycles. The second-order valence-electron chi connectivity index (χ2n) is 4.81. The minimum absolute atomic E-state index is 0.0121. The van der Waals surface area contributed by atoms with Crippen LogP contribution in [-0.4, -0.2) is 33.7 Å². The number of para-hydroxylation sites is 1. The third kappa shape index (κ3) is 3.96. The third-order valence-corrected chi connectivity index (χ3v) is 3.56. The normalized spacial score (nSPS) is 14.3. The average molecular weight is 265 g/mol. The molecule has 1 rings (SSSR count). The number of aromatic hydroxyl groups is 1. The highest BCUT2D eigenvalue weighted by molar-refractivity contribution is 5.69. The number of nitrogens with zero attached hydrogens (tertiary/aromatic N) is 1. The summed E-state index contributed by atoms with van der Waals surface area (Å²) in [6.07, 6.45) is 1.63. The highest BCUT2D eigenvalue weighted by Gasteiger charge is 2.26. The van der Waals surface area contributed by atoms with Crippen molar-refractivity contribution in [2.24, 2.45) is 0 Å². The van der Waals surface area contributed by atoms with Crippen LogP contribution in [0, 0.1) is 0 Å². The van der Waals surface area contributed by atoms with E-state index in [1.54, 1.807) is 12.1 Å². The highest BCUT2D eigenvalue weighted by Crippen LogP contribution is 2.32. The Hall–Kier alpha value is -1.55. The van der Waals surface area contributed by atoms with Gasteiger partial charge in [-0.2, -0.15) is 0 Å². The Balaban J connectivity index is 3.09. The largest absolute Gasteiger partial charge is 0.508 e. The zero-order chi connectivity index (χ0) is 14.4. The molecule has 2 atom stereocenters. The second-order valence-corrected chi connectivity index (χ2v) is 4.81. The zero-order valence-corrected chi connectivity index (χ0v) is 11.8. The number of aliphatic carboxylic acids is 1. The van der Waals surface area contributed by atoms with Gasteiger partial charge in [-0.1, -0.05) is 32.0 Å². The molecule has 2 unspecified atom stereocenters. The number of carbonyl (C=O) groups is 1. The van der Waals surface area contributed by atoms with E-state index in [2.05, 4.69) is 0 Å². The lowest BCUT2D eigenvalue weighted by Crippen LogP contribution is -2.39. The van der Waals surface area contributed by atoms with Gasteiger partial charge >= 0.3 is 5.97 Å². The van der Waals surface area contributed by atoms with Gasteiger partial charge in [-0.05, 0) is 25.8 Å². The third-order valence-electron chi connectivity index (χ3n) is 3.56. The Bertz CT molecular complexity index is 420. The van der Waals surface area contributed by atoms with Crippen molar-refractivity contribution in [1.29, 1.82) is 0 Å². The molecule has 19 heavy (non-hydrogen) atoms. The number of benzene rings is 1. The summed E-state index contributed by atoms with van der Waals surface area (Å²) < 4.78 is 0. The molecule has 0 aliphatic rings. The summed E-state index contributed by atoms with van der Waals surface area (Å²) in [5.74, 6) is -0.609. The Morgan fingerprint density at radius 1 is 1.26 bits per heavy atom. The molecule has 0 aliphatic heterocycles. The van der Waals surface area contributed by atoms with Gasteiger partial charge in [0.25, 0.3) is 0 Å². The maximum Gasteiger partial charge on any atom is 0.317 e. The predicted octanol–water partition coefficient (Wildman–Crippen LogP) is 3.03. The molecule has 106 valence electrons. The van der Waals surface area contributed by atoms with Crippen molar-refractivity contribution in [3.8, 4) is 5.75 Å². The van der Waals surface area contributed by atoms with Crippen molar-refractivity contribution in [2.45, 2.75) is 45.7 Å². The van der Waals surface area contributed by atoms with Gasteiger partial charge in [-0.3, -0.25) is 9.69 Å². The first-order valence-corrected chi connectivity index (χ1v) is 6.76. The Morgan fingerprint density at radius 2 is 1.89 bits per heavy atom. The molecule has 0 radical (unpaired) electrons. The first-order valence-electron chi connectivity index (χ1n) is 6.76. The lowest BCUT2D eigenvalue weighted by Gasteiger charge is -2.35. The Labute approximate surface area is 114 Å². The molecule has 0 aromatic heterocycles. The van der Waals surface area contributed by atoms with Crippen LogP contribution in [0.15, 0.2) is 24.3 Å². The molecule has 2 N–H and O–H groups in total. The van der Waals surface area contributed by atoms with Crippen molar-refractivity contribution in [2.75, 3.05) is 6.54 Å². The maximum atomic E-state index is 11.1. The molecule has 0 saturated heterocycles. The van der Waals surface area contributed by atoms with Crippen LogP contribution in [-0.2, 0) is 4.79 Å². The zero-order valence-electron chi connectivity index (χ0n) is 11.8. The summed E-state index contributed by atoms with van der Waals surface area (Å²) in [5.41, 5.74) is 0.798. The quantitative estimate of drug-likeness (QED) is 0.795. The molecule has 4 nitrogen and oxygen atoms in total. The monoisotopic (exact) mass is 265 g/mol. The van der Waals surface area contributed by atoms with E-state index in [0.29, 0.717) is 0 Å². The topological polar surface area (TPSA) is 60.8 Å². The van der Waals surface area contributed by atoms with E-state index in [1.807, 2.05) is 37.8 Å². The van der Waals surface area contributed by atoms with Gasteiger partial charge in [0.2, 0.25) is 0 Å². The van der Waals surface area contributed by atoms with E-state index in [-0.39, 0.29) is 24.4 Å². The van der Waals surface area contributed by atoms with Crippen LogP contribution in [0.25, 0.3) is 0 Å². The van der Waals surface area contributed by atoms with Gasteiger partial charge in [-0.25, -0.2) is 0 Å². The minimum Gasteiger partial charge on any atom is -0.508 e. The van der Waals surface area contributed by atoms with Crippen molar-refractivity contribution in [1.82, 2.24) is 4.90 Å². The molecule has 0 bridgehead atoms. The molecule has 0 spiro atoms. The van der Waals surface area contributed by atoms with Crippen LogP contribution in [0.4, 0.5) is 0 Å². The smallest absolute Gasteiger partial charge is 0.317 e. The summed E-state index contributed by atoms with van der Waals surface area (Å²) in [7, 11) is 0. The van der Waals surface area contributed by atoms with Gasteiger partial charge in [0.1, 0.15) is 5.75 Å². The van der Waals surface area contributed by atoms with Crippen LogP contribution in [0.5, 0.6) is 5.75 Å². The van der Waals surface area contributed by atoms with Crippen molar-refractivity contribution < 1.29 is 15.0 Å². The first-order chi connectivity index (χ1) is 9.01. The van der Waals surface area contributed by atoms with Crippen LogP contribution in [0.2, 0.25) is 0 Å². The average Bonchev–Trinajstić information content (AvgIpc) is 2.39. The summed E-state index contributed by atoms with van der Waals surface area (Å²) in [6.45, 7) is 6.05. The van der Waals surface area contributed by atoms with Crippen molar-refractivity contribution >= 4 is 5.97 Å². The molecule has 1 aromatic rings. The second kappa shape index (κ2) is 7.14. The molecule has 0 amide bonds. The number of phenols is 1. The van der Waals surface area contributed by atoms with Gasteiger partial charge in [-0.15, -0.1) is 0 Å². The lowest BCUT2D eigenvalue weighted by atomic mass is 9.99. The molecular weight excluding hydrogens is 242 g/mol. The van der Waals surface area contributed by atoms with Crippen molar-refractivity contribution in [3.63, 3.8) is 0 Å². The first kappa shape index (κ1) is 15.5. The van der Waals surface area contributed by atoms with Gasteiger partial charge in [0.05, 0.1) is 6.54 Å². The number of carboxylic acids is 1. The highest BCUT2D eigenvalue weighted by atomic mass is 16.4. The van der Waals surface area contributed by atoms with E-state index in [9.17, 15) is 9.90 Å². The molecule has 0 saturated carbocycles. The fourth-order valence-electron chi connectivity index (χ4n) is 2.37.